The number of nitrogens with two attached hydrogens (primary N) is 1. The van der Waals surface area contributed by atoms with Gasteiger partial charge in [0.05, 0.1) is 17.3 Å². The summed E-state index contributed by atoms with van der Waals surface area (Å²) in [7, 11) is 1.71. The number of thiazole rings is 1. The Morgan fingerprint density at radius 1 is 1.50 bits per heavy atom. The summed E-state index contributed by atoms with van der Waals surface area (Å²) in [5.74, 6) is -0.745. The molecular formula is C14H18N4O3S. The Balaban J connectivity index is 2.08. The lowest BCUT2D eigenvalue weighted by molar-refractivity contribution is 0.0515. The molecule has 0 unspecified atom stereocenters. The molecule has 0 bridgehead atoms. The van der Waals surface area contributed by atoms with Crippen LogP contribution in [0.5, 0.6) is 0 Å². The van der Waals surface area contributed by atoms with E-state index in [9.17, 15) is 9.59 Å². The first-order chi connectivity index (χ1) is 10.5. The number of rotatable bonds is 6. The summed E-state index contributed by atoms with van der Waals surface area (Å²) in [4.78, 5) is 28.1. The van der Waals surface area contributed by atoms with Gasteiger partial charge in [0.2, 0.25) is 0 Å². The number of hydrogen-bond donors (Lipinski definition) is 2. The van der Waals surface area contributed by atoms with Crippen LogP contribution in [0.2, 0.25) is 0 Å². The van der Waals surface area contributed by atoms with Crippen LogP contribution < -0.4 is 11.1 Å². The van der Waals surface area contributed by atoms with E-state index in [4.69, 9.17) is 10.5 Å². The summed E-state index contributed by atoms with van der Waals surface area (Å²) in [5, 5.41) is 5.23. The highest BCUT2D eigenvalue weighted by molar-refractivity contribution is 7.09. The first-order valence-electron chi connectivity index (χ1n) is 6.84. The van der Waals surface area contributed by atoms with Crippen LogP contribution in [0.1, 0.15) is 32.9 Å². The van der Waals surface area contributed by atoms with Crippen LogP contribution in [0.3, 0.4) is 0 Å². The topological polar surface area (TPSA) is 99.2 Å². The summed E-state index contributed by atoms with van der Waals surface area (Å²) in [6, 6.07) is 1.57. The standard InChI is InChI=1S/C14H18N4O3S/c1-3-21-14(20)11-6-9(7-18(11)2)16-13(19)10-8-22-12(17-10)4-5-15/h6-8H,3-5,15H2,1-2H3,(H,16,19). The smallest absolute Gasteiger partial charge is 0.355 e. The van der Waals surface area contributed by atoms with E-state index in [-0.39, 0.29) is 5.91 Å². The number of nitrogens with zero attached hydrogens (tertiary/aromatic N) is 2. The Bertz CT molecular complexity index is 677. The molecule has 0 saturated heterocycles. The third-order valence-corrected chi connectivity index (χ3v) is 3.80. The van der Waals surface area contributed by atoms with Crippen molar-refractivity contribution in [2.45, 2.75) is 13.3 Å². The van der Waals surface area contributed by atoms with E-state index in [0.717, 1.165) is 5.01 Å². The minimum absolute atomic E-state index is 0.300. The van der Waals surface area contributed by atoms with E-state index in [1.807, 2.05) is 0 Å². The number of nitrogens with one attached hydrogen (secondary N) is 1. The van der Waals surface area contributed by atoms with Gasteiger partial charge in [-0.25, -0.2) is 9.78 Å². The predicted molar refractivity (Wildman–Crippen MR) is 84.2 cm³/mol. The fraction of sp³-hybridized carbons (Fsp3) is 0.357. The maximum absolute atomic E-state index is 12.1. The zero-order valence-electron chi connectivity index (χ0n) is 12.5. The molecule has 1 amide bonds. The number of esters is 1. The molecule has 2 heterocycles. The monoisotopic (exact) mass is 322 g/mol. The maximum Gasteiger partial charge on any atom is 0.355 e. The maximum atomic E-state index is 12.1. The molecule has 0 fully saturated rings. The molecule has 2 aromatic rings. The molecule has 8 heteroatoms. The minimum atomic E-state index is -0.426. The van der Waals surface area contributed by atoms with E-state index in [0.29, 0.717) is 36.6 Å². The lowest BCUT2D eigenvalue weighted by Crippen LogP contribution is -2.12. The molecule has 2 aromatic heterocycles. The number of carbonyl (C=O) groups excluding carboxylic acids is 2. The second-order valence-corrected chi connectivity index (χ2v) is 5.51. The summed E-state index contributed by atoms with van der Waals surface area (Å²) in [6.45, 7) is 2.54. The number of carbonyl (C=O) groups is 2. The summed E-state index contributed by atoms with van der Waals surface area (Å²) in [6.07, 6.45) is 2.30. The summed E-state index contributed by atoms with van der Waals surface area (Å²) >= 11 is 1.40. The van der Waals surface area contributed by atoms with Crippen LogP contribution in [-0.4, -0.2) is 34.6 Å². The molecule has 7 nitrogen and oxygen atoms in total. The molecule has 0 aliphatic heterocycles. The van der Waals surface area contributed by atoms with E-state index in [2.05, 4.69) is 10.3 Å². The van der Waals surface area contributed by atoms with Crippen molar-refractivity contribution in [3.63, 3.8) is 0 Å². The van der Waals surface area contributed by atoms with Crippen LogP contribution in [0.15, 0.2) is 17.6 Å². The molecule has 118 valence electrons. The average molecular weight is 322 g/mol. The van der Waals surface area contributed by atoms with Crippen LogP contribution in [0, 0.1) is 0 Å². The molecular weight excluding hydrogens is 304 g/mol. The molecule has 22 heavy (non-hydrogen) atoms. The van der Waals surface area contributed by atoms with Gasteiger partial charge in [0.25, 0.3) is 5.91 Å². The predicted octanol–water partition coefficient (Wildman–Crippen LogP) is 1.41. The Labute approximate surface area is 132 Å². The number of aryl methyl sites for hydroxylation is 1. The molecule has 0 aromatic carbocycles. The van der Waals surface area contributed by atoms with Crippen molar-refractivity contribution in [1.82, 2.24) is 9.55 Å². The molecule has 3 N–H and O–H groups in total. The lowest BCUT2D eigenvalue weighted by atomic mass is 10.3. The Kier molecular flexibility index (Phi) is 5.29. The van der Waals surface area contributed by atoms with Crippen molar-refractivity contribution >= 4 is 28.9 Å². The molecule has 0 saturated carbocycles. The number of hydrogen-bond acceptors (Lipinski definition) is 6. The highest BCUT2D eigenvalue weighted by Crippen LogP contribution is 2.16. The largest absolute Gasteiger partial charge is 0.461 e. The zero-order chi connectivity index (χ0) is 16.1. The third kappa shape index (κ3) is 3.71. The summed E-state index contributed by atoms with van der Waals surface area (Å²) in [5.41, 5.74) is 6.70. The van der Waals surface area contributed by atoms with Gasteiger partial charge in [0.15, 0.2) is 0 Å². The molecule has 0 spiro atoms. The number of ether oxygens (including phenoxy) is 1. The van der Waals surface area contributed by atoms with Crippen molar-refractivity contribution in [1.29, 1.82) is 0 Å². The van der Waals surface area contributed by atoms with Gasteiger partial charge >= 0.3 is 5.97 Å². The SMILES string of the molecule is CCOC(=O)c1cc(NC(=O)c2csc(CCN)n2)cn1C. The van der Waals surface area contributed by atoms with Gasteiger partial charge in [-0.15, -0.1) is 11.3 Å². The Morgan fingerprint density at radius 3 is 2.95 bits per heavy atom. The van der Waals surface area contributed by atoms with Crippen molar-refractivity contribution in [2.75, 3.05) is 18.5 Å². The fourth-order valence-electron chi connectivity index (χ4n) is 1.89. The van der Waals surface area contributed by atoms with Gasteiger partial charge in [-0.2, -0.15) is 0 Å². The van der Waals surface area contributed by atoms with Gasteiger partial charge in [-0.05, 0) is 19.5 Å². The van der Waals surface area contributed by atoms with E-state index >= 15 is 0 Å². The first-order valence-corrected chi connectivity index (χ1v) is 7.72. The van der Waals surface area contributed by atoms with Crippen LogP contribution in [-0.2, 0) is 18.2 Å². The van der Waals surface area contributed by atoms with E-state index < -0.39 is 5.97 Å². The number of amides is 1. The van der Waals surface area contributed by atoms with Crippen molar-refractivity contribution in [3.8, 4) is 0 Å². The van der Waals surface area contributed by atoms with Crippen LogP contribution in [0.25, 0.3) is 0 Å². The first kappa shape index (κ1) is 16.2. The van der Waals surface area contributed by atoms with Gasteiger partial charge < -0.3 is 20.4 Å². The quantitative estimate of drug-likeness (QED) is 0.783. The molecule has 2 rings (SSSR count). The Morgan fingerprint density at radius 2 is 2.27 bits per heavy atom. The number of aromatic nitrogens is 2. The van der Waals surface area contributed by atoms with E-state index in [1.54, 1.807) is 36.2 Å². The number of anilines is 1. The second-order valence-electron chi connectivity index (χ2n) is 4.56. The van der Waals surface area contributed by atoms with Gasteiger partial charge in [-0.1, -0.05) is 0 Å². The zero-order valence-corrected chi connectivity index (χ0v) is 13.3. The van der Waals surface area contributed by atoms with E-state index in [1.165, 1.54) is 11.3 Å². The second kappa shape index (κ2) is 7.19. The van der Waals surface area contributed by atoms with Crippen LogP contribution >= 0.6 is 11.3 Å². The molecule has 0 aliphatic rings. The molecule has 0 radical (unpaired) electrons. The molecule has 0 atom stereocenters. The van der Waals surface area contributed by atoms with Crippen molar-refractivity contribution in [2.24, 2.45) is 12.8 Å². The fourth-order valence-corrected chi connectivity index (χ4v) is 2.68. The van der Waals surface area contributed by atoms with Crippen molar-refractivity contribution < 1.29 is 14.3 Å². The van der Waals surface area contributed by atoms with Gasteiger partial charge in [-0.3, -0.25) is 4.79 Å². The van der Waals surface area contributed by atoms with Gasteiger partial charge in [0, 0.05) is 25.0 Å². The normalized spacial score (nSPS) is 10.5. The Hall–Kier alpha value is -2.19. The highest BCUT2D eigenvalue weighted by atomic mass is 32.1. The van der Waals surface area contributed by atoms with Gasteiger partial charge in [0.1, 0.15) is 11.4 Å². The average Bonchev–Trinajstić information content (AvgIpc) is 3.06. The lowest BCUT2D eigenvalue weighted by Gasteiger charge is -2.01. The summed E-state index contributed by atoms with van der Waals surface area (Å²) < 4.78 is 6.55. The molecule has 0 aliphatic carbocycles. The minimum Gasteiger partial charge on any atom is -0.461 e. The third-order valence-electron chi connectivity index (χ3n) is 2.89. The van der Waals surface area contributed by atoms with Crippen LogP contribution in [0.4, 0.5) is 5.69 Å². The highest BCUT2D eigenvalue weighted by Gasteiger charge is 2.16. The van der Waals surface area contributed by atoms with Crippen molar-refractivity contribution in [3.05, 3.63) is 34.0 Å².